The molecule has 0 aliphatic carbocycles. The maximum atomic E-state index is 13.7. The zero-order chi connectivity index (χ0) is 16.5. The molecule has 0 radical (unpaired) electrons. The molecule has 0 amide bonds. The van der Waals surface area contributed by atoms with Crippen LogP contribution in [0.2, 0.25) is 5.02 Å². The first-order valence-corrected chi connectivity index (χ1v) is 9.11. The Morgan fingerprint density at radius 1 is 1.00 bits per heavy atom. The first kappa shape index (κ1) is 16.7. The summed E-state index contributed by atoms with van der Waals surface area (Å²) < 4.78 is 62.2. The average Bonchev–Trinajstić information content (AvgIpc) is 2.37. The highest BCUT2D eigenvalue weighted by atomic mass is 35.5. The molecule has 22 heavy (non-hydrogen) atoms. The summed E-state index contributed by atoms with van der Waals surface area (Å²) in [5.41, 5.74) is 0.0572. The molecule has 0 saturated heterocycles. The van der Waals surface area contributed by atoms with E-state index in [2.05, 4.69) is 4.72 Å². The van der Waals surface area contributed by atoms with E-state index in [4.69, 9.17) is 16.7 Å². The quantitative estimate of drug-likeness (QED) is 0.864. The second-order valence-corrected chi connectivity index (χ2v) is 7.90. The van der Waals surface area contributed by atoms with Gasteiger partial charge >= 0.3 is 0 Å². The average molecular weight is 365 g/mol. The van der Waals surface area contributed by atoms with Gasteiger partial charge in [0.15, 0.2) is 0 Å². The molecule has 0 aliphatic heterocycles. The predicted octanol–water partition coefficient (Wildman–Crippen LogP) is 1.93. The van der Waals surface area contributed by atoms with Crippen molar-refractivity contribution in [2.75, 3.05) is 4.72 Å². The first-order chi connectivity index (χ1) is 10.1. The largest absolute Gasteiger partial charge is 0.280 e. The summed E-state index contributed by atoms with van der Waals surface area (Å²) in [6, 6.07) is 7.80. The maximum Gasteiger partial charge on any atom is 0.264 e. The first-order valence-electron chi connectivity index (χ1n) is 5.70. The smallest absolute Gasteiger partial charge is 0.264 e. The lowest BCUT2D eigenvalue weighted by Crippen LogP contribution is -2.15. The highest BCUT2D eigenvalue weighted by Crippen LogP contribution is 2.22. The topological polar surface area (TPSA) is 106 Å². The van der Waals surface area contributed by atoms with Crippen molar-refractivity contribution in [1.82, 2.24) is 0 Å². The van der Waals surface area contributed by atoms with E-state index < -0.39 is 30.8 Å². The van der Waals surface area contributed by atoms with E-state index >= 15 is 0 Å². The molecule has 3 N–H and O–H groups in total. The highest BCUT2D eigenvalue weighted by Gasteiger charge is 2.19. The van der Waals surface area contributed by atoms with Gasteiger partial charge in [-0.1, -0.05) is 11.6 Å². The second kappa shape index (κ2) is 5.84. The number of sulfonamides is 2. The van der Waals surface area contributed by atoms with Crippen LogP contribution in [0, 0.1) is 5.82 Å². The van der Waals surface area contributed by atoms with Crippen LogP contribution in [-0.2, 0) is 20.0 Å². The van der Waals surface area contributed by atoms with E-state index in [1.165, 1.54) is 18.2 Å². The van der Waals surface area contributed by atoms with Crippen LogP contribution in [0.4, 0.5) is 10.1 Å². The summed E-state index contributed by atoms with van der Waals surface area (Å²) >= 11 is 5.56. The molecule has 6 nitrogen and oxygen atoms in total. The Bertz CT molecular complexity index is 913. The Kier molecular flexibility index (Phi) is 4.43. The van der Waals surface area contributed by atoms with Gasteiger partial charge in [0.2, 0.25) is 10.0 Å². The fraction of sp³-hybridized carbons (Fsp3) is 0. The van der Waals surface area contributed by atoms with Gasteiger partial charge in [0.1, 0.15) is 10.7 Å². The van der Waals surface area contributed by atoms with E-state index in [-0.39, 0.29) is 15.6 Å². The summed E-state index contributed by atoms with van der Waals surface area (Å²) in [5.74, 6) is -0.999. The van der Waals surface area contributed by atoms with Crippen molar-refractivity contribution in [3.05, 3.63) is 53.3 Å². The normalized spacial score (nSPS) is 12.1. The van der Waals surface area contributed by atoms with Gasteiger partial charge in [0, 0.05) is 10.7 Å². The van der Waals surface area contributed by atoms with Crippen molar-refractivity contribution >= 4 is 37.3 Å². The molecule has 0 fully saturated rings. The van der Waals surface area contributed by atoms with Crippen LogP contribution in [0.25, 0.3) is 0 Å². The minimum Gasteiger partial charge on any atom is -0.280 e. The van der Waals surface area contributed by atoms with E-state index in [1.54, 1.807) is 0 Å². The molecule has 118 valence electrons. The fourth-order valence-electron chi connectivity index (χ4n) is 1.62. The summed E-state index contributed by atoms with van der Waals surface area (Å²) in [4.78, 5) is -0.749. The Hall–Kier alpha value is -1.68. The van der Waals surface area contributed by atoms with E-state index in [0.29, 0.717) is 0 Å². The van der Waals surface area contributed by atoms with E-state index in [1.807, 2.05) is 0 Å². The van der Waals surface area contributed by atoms with Gasteiger partial charge in [-0.3, -0.25) is 4.72 Å². The molecule has 0 saturated carbocycles. The molecule has 10 heteroatoms. The summed E-state index contributed by atoms with van der Waals surface area (Å²) in [7, 11) is -8.05. The molecule has 2 aromatic rings. The number of nitrogens with two attached hydrogens (primary N) is 1. The molecule has 0 atom stereocenters. The molecule has 0 heterocycles. The summed E-state index contributed by atoms with van der Waals surface area (Å²) in [5, 5.41) is 4.99. The molecule has 0 aliphatic rings. The van der Waals surface area contributed by atoms with E-state index in [0.717, 1.165) is 24.3 Å². The molecule has 0 bridgehead atoms. The van der Waals surface area contributed by atoms with Crippen LogP contribution in [0.15, 0.2) is 52.3 Å². The number of hydrogen-bond acceptors (Lipinski definition) is 4. The molecule has 0 aromatic heterocycles. The maximum absolute atomic E-state index is 13.7. The minimum absolute atomic E-state index is 0.0572. The zero-order valence-corrected chi connectivity index (χ0v) is 13.2. The van der Waals surface area contributed by atoms with Crippen LogP contribution in [0.5, 0.6) is 0 Å². The summed E-state index contributed by atoms with van der Waals surface area (Å²) in [6.07, 6.45) is 0. The lowest BCUT2D eigenvalue weighted by Gasteiger charge is -2.09. The van der Waals surface area contributed by atoms with Gasteiger partial charge in [-0.05, 0) is 42.5 Å². The lowest BCUT2D eigenvalue weighted by atomic mass is 10.3. The molecular formula is C12H10ClFN2O4S2. The monoisotopic (exact) mass is 364 g/mol. The van der Waals surface area contributed by atoms with Crippen molar-refractivity contribution in [2.45, 2.75) is 9.79 Å². The van der Waals surface area contributed by atoms with Crippen molar-refractivity contribution < 1.29 is 21.2 Å². The SMILES string of the molecule is NS(=O)(=O)c1ccc(NS(=O)(=O)c2ccc(Cl)cc2F)cc1. The zero-order valence-electron chi connectivity index (χ0n) is 10.8. The molecule has 0 unspecified atom stereocenters. The minimum atomic E-state index is -4.17. The molecular weight excluding hydrogens is 355 g/mol. The third kappa shape index (κ3) is 3.74. The summed E-state index contributed by atoms with van der Waals surface area (Å²) in [6.45, 7) is 0. The fourth-order valence-corrected chi connectivity index (χ4v) is 3.41. The molecule has 2 rings (SSSR count). The van der Waals surface area contributed by atoms with Gasteiger partial charge in [-0.2, -0.15) is 0 Å². The number of primary sulfonamides is 1. The van der Waals surface area contributed by atoms with Crippen LogP contribution in [0.1, 0.15) is 0 Å². The van der Waals surface area contributed by atoms with Crippen molar-refractivity contribution in [1.29, 1.82) is 0 Å². The van der Waals surface area contributed by atoms with Gasteiger partial charge in [0.05, 0.1) is 4.90 Å². The Labute approximate surface area is 131 Å². The van der Waals surface area contributed by atoms with E-state index in [9.17, 15) is 21.2 Å². The number of nitrogens with one attached hydrogen (secondary N) is 1. The number of rotatable bonds is 4. The van der Waals surface area contributed by atoms with Gasteiger partial charge in [-0.25, -0.2) is 26.4 Å². The highest BCUT2D eigenvalue weighted by molar-refractivity contribution is 7.92. The van der Waals surface area contributed by atoms with Crippen molar-refractivity contribution in [3.8, 4) is 0 Å². The third-order valence-corrected chi connectivity index (χ3v) is 5.20. The molecule has 2 aromatic carbocycles. The lowest BCUT2D eigenvalue weighted by molar-refractivity contribution is 0.570. The third-order valence-electron chi connectivity index (χ3n) is 2.62. The predicted molar refractivity (Wildman–Crippen MR) is 80.0 cm³/mol. The number of benzene rings is 2. The van der Waals surface area contributed by atoms with Gasteiger partial charge < -0.3 is 0 Å². The second-order valence-electron chi connectivity index (χ2n) is 4.25. The number of anilines is 1. The van der Waals surface area contributed by atoms with Gasteiger partial charge in [-0.15, -0.1) is 0 Å². The standard InChI is InChI=1S/C12H10ClFN2O4S2/c13-8-1-6-12(11(14)7-8)22(19,20)16-9-2-4-10(5-3-9)21(15,17)18/h1-7,16H,(H2,15,17,18). The molecule has 0 spiro atoms. The van der Waals surface area contributed by atoms with Crippen molar-refractivity contribution in [3.63, 3.8) is 0 Å². The van der Waals surface area contributed by atoms with Crippen molar-refractivity contribution in [2.24, 2.45) is 5.14 Å². The Morgan fingerprint density at radius 2 is 1.59 bits per heavy atom. The van der Waals surface area contributed by atoms with Crippen LogP contribution in [-0.4, -0.2) is 16.8 Å². The van der Waals surface area contributed by atoms with Crippen LogP contribution in [0.3, 0.4) is 0 Å². The Morgan fingerprint density at radius 3 is 2.09 bits per heavy atom. The van der Waals surface area contributed by atoms with Crippen LogP contribution < -0.4 is 9.86 Å². The Balaban J connectivity index is 2.33. The van der Waals surface area contributed by atoms with Gasteiger partial charge in [0.25, 0.3) is 10.0 Å². The number of hydrogen-bond donors (Lipinski definition) is 2. The van der Waals surface area contributed by atoms with Crippen LogP contribution >= 0.6 is 11.6 Å². The number of halogens is 2.